The van der Waals surface area contributed by atoms with Crippen molar-refractivity contribution in [2.24, 2.45) is 0 Å². The van der Waals surface area contributed by atoms with Crippen molar-refractivity contribution >= 4 is 5.91 Å². The van der Waals surface area contributed by atoms with Crippen LogP contribution in [0.4, 0.5) is 0 Å². The molecule has 53 valence electrons. The van der Waals surface area contributed by atoms with Crippen LogP contribution >= 0.6 is 0 Å². The number of carbonyl (C=O) groups excluding carboxylic acids is 1. The zero-order valence-corrected chi connectivity index (χ0v) is 5.89. The zero-order chi connectivity index (χ0) is 7.40. The molecule has 10 heavy (non-hydrogen) atoms. The Labute approximate surface area is 61.2 Å². The van der Waals surface area contributed by atoms with E-state index in [0.29, 0.717) is 13.0 Å². The van der Waals surface area contributed by atoms with Gasteiger partial charge in [-0.05, 0) is 6.42 Å². The molecule has 1 rings (SSSR count). The number of nitrogens with zero attached hydrogens (tertiary/aromatic N) is 1. The number of hydrogen-bond acceptors (Lipinski definition) is 1. The van der Waals surface area contributed by atoms with Gasteiger partial charge in [-0.15, -0.1) is 5.92 Å². The summed E-state index contributed by atoms with van der Waals surface area (Å²) in [5, 5.41) is 0. The molecule has 0 saturated carbocycles. The molecule has 2 nitrogen and oxygen atoms in total. The number of rotatable bonds is 1. The summed E-state index contributed by atoms with van der Waals surface area (Å²) in [6.07, 6.45) is 1.68. The monoisotopic (exact) mass is 136 g/mol. The van der Waals surface area contributed by atoms with Gasteiger partial charge in [0.25, 0.3) is 0 Å². The second-order valence-electron chi connectivity index (χ2n) is 2.27. The van der Waals surface area contributed by atoms with Crippen LogP contribution in [0.1, 0.15) is 12.8 Å². The fourth-order valence-electron chi connectivity index (χ4n) is 1.02. The molecule has 0 unspecified atom stereocenters. The molecular weight excluding hydrogens is 126 g/mol. The summed E-state index contributed by atoms with van der Waals surface area (Å²) in [6.45, 7) is 4.80. The Bertz CT molecular complexity index is 187. The summed E-state index contributed by atoms with van der Waals surface area (Å²) in [6, 6.07) is 0. The zero-order valence-electron chi connectivity index (χ0n) is 5.89. The van der Waals surface area contributed by atoms with E-state index >= 15 is 0 Å². The van der Waals surface area contributed by atoms with Gasteiger partial charge in [-0.1, -0.05) is 5.92 Å². The molecule has 1 aliphatic heterocycles. The highest BCUT2D eigenvalue weighted by Gasteiger charge is 2.17. The van der Waals surface area contributed by atoms with E-state index in [4.69, 9.17) is 0 Å². The molecule has 1 saturated heterocycles. The van der Waals surface area contributed by atoms with Crippen molar-refractivity contribution in [1.29, 1.82) is 0 Å². The van der Waals surface area contributed by atoms with Crippen LogP contribution < -0.4 is 0 Å². The first-order chi connectivity index (χ1) is 4.84. The van der Waals surface area contributed by atoms with Gasteiger partial charge in [-0.25, -0.2) is 0 Å². The lowest BCUT2D eigenvalue weighted by atomic mass is 10.4. The Balaban J connectivity index is 2.38. The van der Waals surface area contributed by atoms with Crippen LogP contribution in [0.2, 0.25) is 0 Å². The van der Waals surface area contributed by atoms with Crippen LogP contribution in [0, 0.1) is 18.8 Å². The van der Waals surface area contributed by atoms with Crippen LogP contribution in [0.15, 0.2) is 0 Å². The van der Waals surface area contributed by atoms with Gasteiger partial charge in [0.05, 0.1) is 6.54 Å². The lowest BCUT2D eigenvalue weighted by Gasteiger charge is -2.09. The molecule has 1 amide bonds. The maximum atomic E-state index is 10.9. The first-order valence-corrected chi connectivity index (χ1v) is 3.37. The Hall–Kier alpha value is -0.970. The normalized spacial score (nSPS) is 16.9. The fourth-order valence-corrected chi connectivity index (χ4v) is 1.02. The van der Waals surface area contributed by atoms with Gasteiger partial charge >= 0.3 is 0 Å². The standard InChI is InChI=1S/C8H10NO/c1-2-3-6-9-7-4-5-8(9)10/h1,4-7H2. The minimum atomic E-state index is 0.225. The summed E-state index contributed by atoms with van der Waals surface area (Å²) < 4.78 is 0. The van der Waals surface area contributed by atoms with Crippen molar-refractivity contribution in [2.75, 3.05) is 13.1 Å². The first-order valence-electron chi connectivity index (χ1n) is 3.37. The lowest BCUT2D eigenvalue weighted by Crippen LogP contribution is -2.24. The molecular formula is C8H10NO. The summed E-state index contributed by atoms with van der Waals surface area (Å²) in [5.41, 5.74) is 0. The molecule has 0 aromatic carbocycles. The van der Waals surface area contributed by atoms with Gasteiger partial charge in [0.2, 0.25) is 5.91 Å². The second-order valence-corrected chi connectivity index (χ2v) is 2.27. The summed E-state index contributed by atoms with van der Waals surface area (Å²) in [4.78, 5) is 12.7. The van der Waals surface area contributed by atoms with E-state index in [1.54, 1.807) is 4.90 Å². The molecule has 1 heterocycles. The largest absolute Gasteiger partial charge is 0.332 e. The quantitative estimate of drug-likeness (QED) is 0.479. The maximum absolute atomic E-state index is 10.9. The number of carbonyl (C=O) groups is 1. The minimum Gasteiger partial charge on any atom is -0.332 e. The highest BCUT2D eigenvalue weighted by molar-refractivity contribution is 5.78. The van der Waals surface area contributed by atoms with Gasteiger partial charge in [0.1, 0.15) is 0 Å². The minimum absolute atomic E-state index is 0.225. The van der Waals surface area contributed by atoms with Crippen LogP contribution in [-0.4, -0.2) is 23.9 Å². The SMILES string of the molecule is [CH2]C#CCN1CCCC1=O. The highest BCUT2D eigenvalue weighted by atomic mass is 16.2. The molecule has 2 heteroatoms. The van der Waals surface area contributed by atoms with Gasteiger partial charge in [-0.2, -0.15) is 0 Å². The maximum Gasteiger partial charge on any atom is 0.223 e. The van der Waals surface area contributed by atoms with Crippen molar-refractivity contribution in [3.05, 3.63) is 6.92 Å². The molecule has 1 aliphatic rings. The van der Waals surface area contributed by atoms with Crippen molar-refractivity contribution in [3.8, 4) is 11.8 Å². The van der Waals surface area contributed by atoms with Crippen LogP contribution in [0.25, 0.3) is 0 Å². The Morgan fingerprint density at radius 1 is 1.70 bits per heavy atom. The number of hydrogen-bond donors (Lipinski definition) is 0. The Morgan fingerprint density at radius 3 is 3.00 bits per heavy atom. The Kier molecular flexibility index (Phi) is 2.33. The van der Waals surface area contributed by atoms with Crippen molar-refractivity contribution in [3.63, 3.8) is 0 Å². The van der Waals surface area contributed by atoms with Gasteiger partial charge in [-0.3, -0.25) is 4.79 Å². The van der Waals surface area contributed by atoms with Crippen molar-refractivity contribution < 1.29 is 4.79 Å². The van der Waals surface area contributed by atoms with Crippen LogP contribution in [0.3, 0.4) is 0 Å². The smallest absolute Gasteiger partial charge is 0.223 e. The van der Waals surface area contributed by atoms with E-state index in [1.807, 2.05) is 0 Å². The lowest BCUT2D eigenvalue weighted by molar-refractivity contribution is -0.127. The third kappa shape index (κ3) is 1.51. The highest BCUT2D eigenvalue weighted by Crippen LogP contribution is 2.07. The van der Waals surface area contributed by atoms with Gasteiger partial charge in [0, 0.05) is 19.9 Å². The summed E-state index contributed by atoms with van der Waals surface area (Å²) >= 11 is 0. The topological polar surface area (TPSA) is 20.3 Å². The predicted octanol–water partition coefficient (Wildman–Crippen LogP) is 0.446. The molecule has 1 radical (unpaired) electrons. The first kappa shape index (κ1) is 7.14. The van der Waals surface area contributed by atoms with E-state index in [9.17, 15) is 4.79 Å². The van der Waals surface area contributed by atoms with E-state index in [1.165, 1.54) is 0 Å². The third-order valence-electron chi connectivity index (χ3n) is 1.57. The van der Waals surface area contributed by atoms with Crippen molar-refractivity contribution in [1.82, 2.24) is 4.90 Å². The molecule has 0 aliphatic carbocycles. The number of amides is 1. The van der Waals surface area contributed by atoms with Gasteiger partial charge in [0.15, 0.2) is 0 Å². The Morgan fingerprint density at radius 2 is 2.50 bits per heavy atom. The van der Waals surface area contributed by atoms with E-state index in [-0.39, 0.29) is 5.91 Å². The van der Waals surface area contributed by atoms with Gasteiger partial charge < -0.3 is 4.90 Å². The van der Waals surface area contributed by atoms with E-state index in [2.05, 4.69) is 18.8 Å². The molecule has 1 fully saturated rings. The summed E-state index contributed by atoms with van der Waals surface area (Å²) in [7, 11) is 0. The van der Waals surface area contributed by atoms with Crippen LogP contribution in [-0.2, 0) is 4.79 Å². The average molecular weight is 136 g/mol. The van der Waals surface area contributed by atoms with E-state index < -0.39 is 0 Å². The summed E-state index contributed by atoms with van der Waals surface area (Å²) in [5.74, 6) is 5.51. The molecule has 0 aromatic rings. The average Bonchev–Trinajstić information content (AvgIpc) is 2.31. The molecule has 0 bridgehead atoms. The van der Waals surface area contributed by atoms with E-state index in [0.717, 1.165) is 13.0 Å². The third-order valence-corrected chi connectivity index (χ3v) is 1.57. The molecule has 0 N–H and O–H groups in total. The molecule has 0 spiro atoms. The second kappa shape index (κ2) is 3.26. The number of likely N-dealkylation sites (tertiary alicyclic amines) is 1. The molecule has 0 atom stereocenters. The fraction of sp³-hybridized carbons (Fsp3) is 0.500. The predicted molar refractivity (Wildman–Crippen MR) is 38.9 cm³/mol. The van der Waals surface area contributed by atoms with Crippen molar-refractivity contribution in [2.45, 2.75) is 12.8 Å². The molecule has 0 aromatic heterocycles. The van der Waals surface area contributed by atoms with Crippen LogP contribution in [0.5, 0.6) is 0 Å².